The SMILES string of the molecule is CCC(N)C(=O)N1CCN(C(C)C(=O)O)CC1. The number of amides is 1. The highest BCUT2D eigenvalue weighted by atomic mass is 16.4. The largest absolute Gasteiger partial charge is 0.480 e. The lowest BCUT2D eigenvalue weighted by molar-refractivity contribution is -0.144. The average molecular weight is 243 g/mol. The maximum absolute atomic E-state index is 11.8. The van der Waals surface area contributed by atoms with Crippen molar-refractivity contribution in [1.82, 2.24) is 9.80 Å². The van der Waals surface area contributed by atoms with Gasteiger partial charge in [-0.05, 0) is 13.3 Å². The number of piperazine rings is 1. The highest BCUT2D eigenvalue weighted by molar-refractivity contribution is 5.81. The first-order valence-corrected chi connectivity index (χ1v) is 5.98. The van der Waals surface area contributed by atoms with Gasteiger partial charge < -0.3 is 15.7 Å². The molecule has 0 aromatic rings. The van der Waals surface area contributed by atoms with Gasteiger partial charge >= 0.3 is 5.97 Å². The first kappa shape index (κ1) is 13.9. The molecule has 0 aliphatic carbocycles. The third-order valence-corrected chi connectivity index (χ3v) is 3.29. The quantitative estimate of drug-likeness (QED) is 0.684. The second-order valence-corrected chi connectivity index (χ2v) is 4.39. The molecule has 0 radical (unpaired) electrons. The standard InChI is InChI=1S/C11H21N3O3/c1-3-9(12)10(15)14-6-4-13(5-7-14)8(2)11(16)17/h8-9H,3-7,12H2,1-2H3,(H,16,17). The summed E-state index contributed by atoms with van der Waals surface area (Å²) >= 11 is 0. The van der Waals surface area contributed by atoms with E-state index >= 15 is 0 Å². The number of carboxylic acid groups (broad SMARTS) is 1. The van der Waals surface area contributed by atoms with E-state index in [2.05, 4.69) is 0 Å². The molecule has 1 fully saturated rings. The highest BCUT2D eigenvalue weighted by Crippen LogP contribution is 2.08. The molecule has 1 aliphatic heterocycles. The third kappa shape index (κ3) is 3.41. The lowest BCUT2D eigenvalue weighted by atomic mass is 10.1. The molecule has 0 bridgehead atoms. The molecule has 1 aliphatic rings. The molecular formula is C11H21N3O3. The summed E-state index contributed by atoms with van der Waals surface area (Å²) in [6, 6.07) is -0.925. The Morgan fingerprint density at radius 2 is 1.82 bits per heavy atom. The Balaban J connectivity index is 2.45. The minimum atomic E-state index is -0.824. The van der Waals surface area contributed by atoms with Crippen LogP contribution in [-0.2, 0) is 9.59 Å². The lowest BCUT2D eigenvalue weighted by Gasteiger charge is -2.37. The van der Waals surface area contributed by atoms with E-state index in [0.717, 1.165) is 0 Å². The van der Waals surface area contributed by atoms with Crippen LogP contribution in [0.4, 0.5) is 0 Å². The maximum atomic E-state index is 11.8. The van der Waals surface area contributed by atoms with E-state index in [-0.39, 0.29) is 5.91 Å². The van der Waals surface area contributed by atoms with Gasteiger partial charge in [-0.2, -0.15) is 0 Å². The molecule has 1 amide bonds. The van der Waals surface area contributed by atoms with Gasteiger partial charge in [0.2, 0.25) is 5.91 Å². The second kappa shape index (κ2) is 5.97. The molecule has 3 N–H and O–H groups in total. The van der Waals surface area contributed by atoms with Crippen molar-refractivity contribution in [2.24, 2.45) is 5.73 Å². The van der Waals surface area contributed by atoms with Crippen LogP contribution in [0.1, 0.15) is 20.3 Å². The topological polar surface area (TPSA) is 86.9 Å². The minimum Gasteiger partial charge on any atom is -0.480 e. The van der Waals surface area contributed by atoms with E-state index in [4.69, 9.17) is 10.8 Å². The van der Waals surface area contributed by atoms with Crippen LogP contribution in [0.25, 0.3) is 0 Å². The predicted molar refractivity (Wildman–Crippen MR) is 63.5 cm³/mol. The second-order valence-electron chi connectivity index (χ2n) is 4.39. The number of rotatable bonds is 4. The van der Waals surface area contributed by atoms with E-state index in [0.29, 0.717) is 32.6 Å². The van der Waals surface area contributed by atoms with Crippen LogP contribution in [0.2, 0.25) is 0 Å². The molecule has 0 saturated carbocycles. The van der Waals surface area contributed by atoms with Crippen LogP contribution in [0.15, 0.2) is 0 Å². The molecule has 98 valence electrons. The van der Waals surface area contributed by atoms with E-state index < -0.39 is 18.1 Å². The fraction of sp³-hybridized carbons (Fsp3) is 0.818. The Kier molecular flexibility index (Phi) is 4.89. The summed E-state index contributed by atoms with van der Waals surface area (Å²) in [5.74, 6) is -0.856. The molecule has 1 rings (SSSR count). The number of carboxylic acids is 1. The molecule has 6 heteroatoms. The van der Waals surface area contributed by atoms with E-state index in [1.807, 2.05) is 11.8 Å². The van der Waals surface area contributed by atoms with Crippen LogP contribution in [0, 0.1) is 0 Å². The van der Waals surface area contributed by atoms with Gasteiger partial charge in [0.1, 0.15) is 6.04 Å². The molecular weight excluding hydrogens is 222 g/mol. The van der Waals surface area contributed by atoms with Gasteiger partial charge in [-0.3, -0.25) is 14.5 Å². The summed E-state index contributed by atoms with van der Waals surface area (Å²) in [7, 11) is 0. The van der Waals surface area contributed by atoms with Crippen molar-refractivity contribution < 1.29 is 14.7 Å². The summed E-state index contributed by atoms with van der Waals surface area (Å²) in [4.78, 5) is 26.2. The summed E-state index contributed by atoms with van der Waals surface area (Å²) < 4.78 is 0. The zero-order chi connectivity index (χ0) is 13.0. The molecule has 2 unspecified atom stereocenters. The number of aliphatic carboxylic acids is 1. The average Bonchev–Trinajstić information content (AvgIpc) is 2.36. The van der Waals surface area contributed by atoms with Crippen LogP contribution >= 0.6 is 0 Å². The Morgan fingerprint density at radius 1 is 1.29 bits per heavy atom. The van der Waals surface area contributed by atoms with Crippen LogP contribution in [0.5, 0.6) is 0 Å². The molecule has 0 aromatic carbocycles. The Labute approximate surface area is 101 Å². The molecule has 1 saturated heterocycles. The first-order chi connectivity index (χ1) is 7.97. The fourth-order valence-electron chi connectivity index (χ4n) is 1.89. The molecule has 0 aromatic heterocycles. The van der Waals surface area contributed by atoms with E-state index in [9.17, 15) is 9.59 Å². The number of carbonyl (C=O) groups excluding carboxylic acids is 1. The molecule has 1 heterocycles. The van der Waals surface area contributed by atoms with Crippen LogP contribution in [0.3, 0.4) is 0 Å². The normalized spacial score (nSPS) is 21.0. The molecule has 17 heavy (non-hydrogen) atoms. The van der Waals surface area contributed by atoms with Gasteiger partial charge in [-0.25, -0.2) is 0 Å². The van der Waals surface area contributed by atoms with Crippen molar-refractivity contribution in [2.75, 3.05) is 26.2 Å². The van der Waals surface area contributed by atoms with Crippen molar-refractivity contribution in [3.63, 3.8) is 0 Å². The molecule has 2 atom stereocenters. The van der Waals surface area contributed by atoms with Gasteiger partial charge in [0.15, 0.2) is 0 Å². The summed E-state index contributed by atoms with van der Waals surface area (Å²) in [6.07, 6.45) is 0.630. The molecule has 6 nitrogen and oxygen atoms in total. The van der Waals surface area contributed by atoms with Crippen molar-refractivity contribution in [3.05, 3.63) is 0 Å². The van der Waals surface area contributed by atoms with E-state index in [1.165, 1.54) is 0 Å². The summed E-state index contributed by atoms with van der Waals surface area (Å²) in [5, 5.41) is 8.89. The number of hydrogen-bond donors (Lipinski definition) is 2. The highest BCUT2D eigenvalue weighted by Gasteiger charge is 2.28. The summed E-state index contributed by atoms with van der Waals surface area (Å²) in [5.41, 5.74) is 5.69. The monoisotopic (exact) mass is 243 g/mol. The lowest BCUT2D eigenvalue weighted by Crippen LogP contribution is -2.55. The number of carbonyl (C=O) groups is 2. The third-order valence-electron chi connectivity index (χ3n) is 3.29. The minimum absolute atomic E-state index is 0.0323. The van der Waals surface area contributed by atoms with Gasteiger partial charge in [-0.15, -0.1) is 0 Å². The van der Waals surface area contributed by atoms with Crippen molar-refractivity contribution in [3.8, 4) is 0 Å². The Bertz CT molecular complexity index is 288. The van der Waals surface area contributed by atoms with Crippen LogP contribution < -0.4 is 5.73 Å². The fourth-order valence-corrected chi connectivity index (χ4v) is 1.89. The van der Waals surface area contributed by atoms with Gasteiger partial charge in [-0.1, -0.05) is 6.92 Å². The smallest absolute Gasteiger partial charge is 0.320 e. The predicted octanol–water partition coefficient (Wildman–Crippen LogP) is -0.659. The Morgan fingerprint density at radius 3 is 2.24 bits per heavy atom. The van der Waals surface area contributed by atoms with Gasteiger partial charge in [0.05, 0.1) is 6.04 Å². The van der Waals surface area contributed by atoms with E-state index in [1.54, 1.807) is 11.8 Å². The Hall–Kier alpha value is -1.14. The van der Waals surface area contributed by atoms with Crippen molar-refractivity contribution >= 4 is 11.9 Å². The maximum Gasteiger partial charge on any atom is 0.320 e. The number of hydrogen-bond acceptors (Lipinski definition) is 4. The van der Waals surface area contributed by atoms with Crippen molar-refractivity contribution in [2.45, 2.75) is 32.4 Å². The van der Waals surface area contributed by atoms with Crippen LogP contribution in [-0.4, -0.2) is 65.0 Å². The zero-order valence-corrected chi connectivity index (χ0v) is 10.4. The van der Waals surface area contributed by atoms with Gasteiger partial charge in [0.25, 0.3) is 0 Å². The van der Waals surface area contributed by atoms with Gasteiger partial charge in [0, 0.05) is 26.2 Å². The molecule has 0 spiro atoms. The zero-order valence-electron chi connectivity index (χ0n) is 10.4. The number of nitrogens with zero attached hydrogens (tertiary/aromatic N) is 2. The summed E-state index contributed by atoms with van der Waals surface area (Å²) in [6.45, 7) is 5.85. The number of nitrogens with two attached hydrogens (primary N) is 1. The van der Waals surface area contributed by atoms with Crippen molar-refractivity contribution in [1.29, 1.82) is 0 Å². The first-order valence-electron chi connectivity index (χ1n) is 5.98.